The van der Waals surface area contributed by atoms with Gasteiger partial charge >= 0.3 is 0 Å². The third-order valence-electron chi connectivity index (χ3n) is 5.25. The Hall–Kier alpha value is -2.75. The molecule has 4 rings (SSSR count). The molecule has 1 unspecified atom stereocenters. The summed E-state index contributed by atoms with van der Waals surface area (Å²) in [5, 5.41) is 3.87. The van der Waals surface area contributed by atoms with Gasteiger partial charge in [0.1, 0.15) is 5.82 Å². The first-order valence-electron chi connectivity index (χ1n) is 9.76. The van der Waals surface area contributed by atoms with E-state index in [1.54, 1.807) is 35.4 Å². The van der Waals surface area contributed by atoms with Crippen LogP contribution in [0.5, 0.6) is 0 Å². The average Bonchev–Trinajstić information content (AvgIpc) is 3.17. The lowest BCUT2D eigenvalue weighted by molar-refractivity contribution is -0.132. The minimum absolute atomic E-state index is 0.0314. The molecule has 1 aromatic heterocycles. The second kappa shape index (κ2) is 8.55. The van der Waals surface area contributed by atoms with Crippen molar-refractivity contribution >= 4 is 26.8 Å². The van der Waals surface area contributed by atoms with Crippen LogP contribution < -0.4 is 10.0 Å². The summed E-state index contributed by atoms with van der Waals surface area (Å²) < 4.78 is 42.2. The van der Waals surface area contributed by atoms with Crippen molar-refractivity contribution in [3.05, 3.63) is 66.1 Å². The Morgan fingerprint density at radius 2 is 1.87 bits per heavy atom. The summed E-state index contributed by atoms with van der Waals surface area (Å²) in [7, 11) is -3.86. The Morgan fingerprint density at radius 3 is 2.60 bits per heavy atom. The molecule has 3 N–H and O–H groups in total. The van der Waals surface area contributed by atoms with Crippen LogP contribution in [0.15, 0.2) is 59.6 Å². The molecule has 9 heteroatoms. The molecule has 0 aliphatic carbocycles. The van der Waals surface area contributed by atoms with E-state index in [9.17, 15) is 17.6 Å². The van der Waals surface area contributed by atoms with Gasteiger partial charge in [0, 0.05) is 49.7 Å². The van der Waals surface area contributed by atoms with Crippen LogP contribution in [0.1, 0.15) is 18.0 Å². The van der Waals surface area contributed by atoms with Crippen LogP contribution in [0.2, 0.25) is 0 Å². The quantitative estimate of drug-likeness (QED) is 0.559. The number of sulfonamides is 1. The minimum Gasteiger partial charge on any atom is -0.361 e. The zero-order chi connectivity index (χ0) is 21.1. The number of nitrogens with one attached hydrogen (secondary N) is 3. The Bertz CT molecular complexity index is 1140. The number of fused-ring (bicyclic) bond motifs is 1. The lowest BCUT2D eigenvalue weighted by Crippen LogP contribution is -2.47. The third kappa shape index (κ3) is 4.38. The maximum atomic E-state index is 13.6. The van der Waals surface area contributed by atoms with Gasteiger partial charge in [0.25, 0.3) is 0 Å². The molecule has 0 bridgehead atoms. The van der Waals surface area contributed by atoms with E-state index in [1.165, 1.54) is 24.3 Å². The van der Waals surface area contributed by atoms with Crippen LogP contribution in [-0.4, -0.2) is 50.4 Å². The van der Waals surface area contributed by atoms with Gasteiger partial charge in [-0.2, -0.15) is 0 Å². The van der Waals surface area contributed by atoms with E-state index < -0.39 is 21.9 Å². The number of carbonyl (C=O) groups is 1. The van der Waals surface area contributed by atoms with E-state index in [0.29, 0.717) is 42.6 Å². The number of halogens is 1. The van der Waals surface area contributed by atoms with E-state index >= 15 is 0 Å². The van der Waals surface area contributed by atoms with Crippen LogP contribution in [0.3, 0.4) is 0 Å². The molecule has 1 aliphatic heterocycles. The number of hydrogen-bond donors (Lipinski definition) is 3. The van der Waals surface area contributed by atoms with Gasteiger partial charge in [0.15, 0.2) is 0 Å². The Morgan fingerprint density at radius 1 is 1.13 bits per heavy atom. The number of H-pyrrole nitrogens is 1. The number of aromatic nitrogens is 1. The normalized spacial score (nSPS) is 16.0. The predicted octanol–water partition coefficient (Wildman–Crippen LogP) is 2.15. The largest absolute Gasteiger partial charge is 0.361 e. The average molecular weight is 431 g/mol. The molecule has 3 aromatic rings. The van der Waals surface area contributed by atoms with Gasteiger partial charge in [0.2, 0.25) is 15.9 Å². The van der Waals surface area contributed by atoms with Crippen molar-refractivity contribution in [2.45, 2.75) is 17.4 Å². The van der Waals surface area contributed by atoms with E-state index in [0.717, 1.165) is 0 Å². The van der Waals surface area contributed by atoms with Gasteiger partial charge < -0.3 is 15.2 Å². The van der Waals surface area contributed by atoms with Crippen molar-refractivity contribution in [2.24, 2.45) is 0 Å². The van der Waals surface area contributed by atoms with Crippen LogP contribution in [-0.2, 0) is 14.8 Å². The molecule has 1 aliphatic rings. The van der Waals surface area contributed by atoms with Crippen molar-refractivity contribution in [3.8, 4) is 0 Å². The molecule has 0 radical (unpaired) electrons. The fraction of sp³-hybridized carbons (Fsp3) is 0.286. The highest BCUT2D eigenvalue weighted by atomic mass is 32.2. The standard InChI is InChI=1S/C21H23FN4O3S/c22-15-6-7-17-18(14-24-19(17)12-15)20(13-21(27)26-10-8-23-9-11-26)25-30(28,29)16-4-2-1-3-5-16/h1-7,12,14,20,23-25H,8-11,13H2. The fourth-order valence-electron chi connectivity index (χ4n) is 3.70. The number of carbonyl (C=O) groups excluding carboxylic acids is 1. The molecule has 0 spiro atoms. The van der Waals surface area contributed by atoms with Gasteiger partial charge in [-0.15, -0.1) is 0 Å². The summed E-state index contributed by atoms with van der Waals surface area (Å²) in [5.74, 6) is -0.525. The number of aromatic amines is 1. The third-order valence-corrected chi connectivity index (χ3v) is 6.74. The van der Waals surface area contributed by atoms with Crippen molar-refractivity contribution < 1.29 is 17.6 Å². The summed E-state index contributed by atoms with van der Waals surface area (Å²) in [6.45, 7) is 2.57. The number of piperazine rings is 1. The minimum atomic E-state index is -3.86. The maximum absolute atomic E-state index is 13.6. The zero-order valence-corrected chi connectivity index (χ0v) is 17.1. The molecule has 2 heterocycles. The lowest BCUT2D eigenvalue weighted by atomic mass is 10.0. The summed E-state index contributed by atoms with van der Waals surface area (Å²) in [6, 6.07) is 11.5. The topological polar surface area (TPSA) is 94.3 Å². The van der Waals surface area contributed by atoms with Gasteiger partial charge in [-0.3, -0.25) is 4.79 Å². The predicted molar refractivity (Wildman–Crippen MR) is 112 cm³/mol. The highest BCUT2D eigenvalue weighted by Crippen LogP contribution is 2.29. The Balaban J connectivity index is 1.68. The monoisotopic (exact) mass is 430 g/mol. The molecule has 1 fully saturated rings. The SMILES string of the molecule is O=C(CC(NS(=O)(=O)c1ccccc1)c1c[nH]c2cc(F)ccc12)N1CCNCC1. The van der Waals surface area contributed by atoms with Gasteiger partial charge in [-0.25, -0.2) is 17.5 Å². The first-order chi connectivity index (χ1) is 14.4. The molecule has 158 valence electrons. The van der Waals surface area contributed by atoms with Crippen molar-refractivity contribution in [2.75, 3.05) is 26.2 Å². The van der Waals surface area contributed by atoms with Crippen LogP contribution in [0.25, 0.3) is 10.9 Å². The molecule has 7 nitrogen and oxygen atoms in total. The zero-order valence-electron chi connectivity index (χ0n) is 16.3. The fourth-order valence-corrected chi connectivity index (χ4v) is 4.93. The second-order valence-electron chi connectivity index (χ2n) is 7.26. The first-order valence-corrected chi connectivity index (χ1v) is 11.2. The highest BCUT2D eigenvalue weighted by molar-refractivity contribution is 7.89. The smallest absolute Gasteiger partial charge is 0.241 e. The second-order valence-corrected chi connectivity index (χ2v) is 8.97. The number of benzene rings is 2. The number of rotatable bonds is 6. The molecular weight excluding hydrogens is 407 g/mol. The lowest BCUT2D eigenvalue weighted by Gasteiger charge is -2.29. The molecule has 1 amide bonds. The number of amides is 1. The van der Waals surface area contributed by atoms with Crippen molar-refractivity contribution in [1.82, 2.24) is 19.9 Å². The summed E-state index contributed by atoms with van der Waals surface area (Å²) in [6.07, 6.45) is 1.60. The van der Waals surface area contributed by atoms with Crippen molar-refractivity contribution in [1.29, 1.82) is 0 Å². The molecule has 0 saturated carbocycles. The van der Waals surface area contributed by atoms with E-state index in [2.05, 4.69) is 15.0 Å². The molecule has 30 heavy (non-hydrogen) atoms. The highest BCUT2D eigenvalue weighted by Gasteiger charge is 2.28. The van der Waals surface area contributed by atoms with Crippen molar-refractivity contribution in [3.63, 3.8) is 0 Å². The number of hydrogen-bond acceptors (Lipinski definition) is 4. The van der Waals surface area contributed by atoms with Crippen LogP contribution >= 0.6 is 0 Å². The van der Waals surface area contributed by atoms with Gasteiger partial charge in [0.05, 0.1) is 10.9 Å². The Kier molecular flexibility index (Phi) is 5.85. The molecule has 2 aromatic carbocycles. The molecule has 1 atom stereocenters. The summed E-state index contributed by atoms with van der Waals surface area (Å²) in [5.41, 5.74) is 1.15. The Labute approximate surface area is 174 Å². The summed E-state index contributed by atoms with van der Waals surface area (Å²) in [4.78, 5) is 17.7. The van der Waals surface area contributed by atoms with E-state index in [1.807, 2.05) is 0 Å². The van der Waals surface area contributed by atoms with E-state index in [-0.39, 0.29) is 17.2 Å². The molecule has 1 saturated heterocycles. The molecular formula is C21H23FN4O3S. The maximum Gasteiger partial charge on any atom is 0.241 e. The number of nitrogens with zero attached hydrogens (tertiary/aromatic N) is 1. The first kappa shape index (κ1) is 20.5. The van der Waals surface area contributed by atoms with Gasteiger partial charge in [-0.1, -0.05) is 18.2 Å². The van der Waals surface area contributed by atoms with E-state index in [4.69, 9.17) is 0 Å². The van der Waals surface area contributed by atoms with Crippen LogP contribution in [0.4, 0.5) is 4.39 Å². The van der Waals surface area contributed by atoms with Gasteiger partial charge in [-0.05, 0) is 35.9 Å². The van der Waals surface area contributed by atoms with Crippen LogP contribution in [0, 0.1) is 5.82 Å². The summed E-state index contributed by atoms with van der Waals surface area (Å²) >= 11 is 0.